The van der Waals surface area contributed by atoms with Crippen molar-refractivity contribution in [3.8, 4) is 6.07 Å². The molecule has 5 rings (SSSR count). The van der Waals surface area contributed by atoms with E-state index >= 15 is 0 Å². The van der Waals surface area contributed by atoms with Crippen LogP contribution in [0.3, 0.4) is 0 Å². The van der Waals surface area contributed by atoms with Gasteiger partial charge in [-0.1, -0.05) is 5.16 Å². The van der Waals surface area contributed by atoms with E-state index in [-0.39, 0.29) is 18.0 Å². The second kappa shape index (κ2) is 15.4. The summed E-state index contributed by atoms with van der Waals surface area (Å²) in [5, 5.41) is 14.3. The monoisotopic (exact) mass is 710 g/mol. The van der Waals surface area contributed by atoms with E-state index in [1.165, 1.54) is 11.3 Å². The average Bonchev–Trinajstić information content (AvgIpc) is 3.30. The summed E-state index contributed by atoms with van der Waals surface area (Å²) in [4.78, 5) is 51.0. The molecular formula is C34H50N10O5S. The number of oxime groups is 1. The van der Waals surface area contributed by atoms with Gasteiger partial charge in [-0.05, 0) is 66.8 Å². The number of nitriles is 1. The molecule has 50 heavy (non-hydrogen) atoms. The lowest BCUT2D eigenvalue weighted by molar-refractivity contribution is -0.150. The first-order valence-electron chi connectivity index (χ1n) is 17.2. The number of aryl methyl sites for hydroxylation is 1. The van der Waals surface area contributed by atoms with Crippen LogP contribution in [0.4, 0.5) is 21.6 Å². The van der Waals surface area contributed by atoms with Crippen LogP contribution in [0.5, 0.6) is 0 Å². The Kier molecular flexibility index (Phi) is 11.4. The fraction of sp³-hybridized carbons (Fsp3) is 0.647. The van der Waals surface area contributed by atoms with Gasteiger partial charge in [-0.2, -0.15) is 10.2 Å². The number of amides is 1. The molecule has 0 bridgehead atoms. The van der Waals surface area contributed by atoms with Crippen LogP contribution in [0.2, 0.25) is 0 Å². The van der Waals surface area contributed by atoms with Gasteiger partial charge in [0.25, 0.3) is 0 Å². The molecule has 3 aliphatic rings. The van der Waals surface area contributed by atoms with Crippen LogP contribution in [0.1, 0.15) is 75.6 Å². The Bertz CT molecular complexity index is 1630. The molecule has 2 aliphatic heterocycles. The molecule has 0 saturated carbocycles. The van der Waals surface area contributed by atoms with E-state index in [1.54, 1.807) is 25.0 Å². The number of nitrogen functional groups attached to an aromatic ring is 1. The van der Waals surface area contributed by atoms with Gasteiger partial charge in [0.15, 0.2) is 5.84 Å². The fourth-order valence-electron chi connectivity index (χ4n) is 6.80. The van der Waals surface area contributed by atoms with Crippen LogP contribution in [0.25, 0.3) is 0 Å². The number of hydrogen-bond donors (Lipinski definition) is 2. The number of carbonyl (C=O) groups excluding carboxylic acids is 2. The lowest BCUT2D eigenvalue weighted by Crippen LogP contribution is -2.50. The third-order valence-electron chi connectivity index (χ3n) is 9.45. The van der Waals surface area contributed by atoms with Crippen LogP contribution in [-0.2, 0) is 30.9 Å². The van der Waals surface area contributed by atoms with E-state index in [9.17, 15) is 14.9 Å². The summed E-state index contributed by atoms with van der Waals surface area (Å²) < 4.78 is 10.9. The lowest BCUT2D eigenvalue weighted by Gasteiger charge is -2.36. The molecule has 2 fully saturated rings. The topological polar surface area (TPSA) is 189 Å². The molecule has 0 unspecified atom stereocenters. The van der Waals surface area contributed by atoms with Crippen LogP contribution >= 0.6 is 11.3 Å². The maximum atomic E-state index is 13.6. The number of aromatic nitrogens is 2. The SMILES string of the molecule is COCCN1CCCN(c2nc(/C(N)=N/OC(=O)[C@@]3(C)CCCc4sc(N)c(C#N)c43)cc(N3CCN(C(=O)OC(C)(C)C)CC3)n2)[C@@H](C)C1. The van der Waals surface area contributed by atoms with Crippen molar-refractivity contribution in [3.63, 3.8) is 0 Å². The van der Waals surface area contributed by atoms with Crippen molar-refractivity contribution in [2.24, 2.45) is 10.9 Å². The minimum Gasteiger partial charge on any atom is -0.444 e. The molecule has 1 amide bonds. The smallest absolute Gasteiger partial charge is 0.410 e. The van der Waals surface area contributed by atoms with E-state index in [0.717, 1.165) is 50.3 Å². The zero-order valence-corrected chi connectivity index (χ0v) is 30.8. The molecule has 0 radical (unpaired) electrons. The molecule has 15 nitrogen and oxygen atoms in total. The highest BCUT2D eigenvalue weighted by molar-refractivity contribution is 7.16. The largest absolute Gasteiger partial charge is 0.444 e. The molecular weight excluding hydrogens is 661 g/mol. The number of methoxy groups -OCH3 is 1. The standard InChI is InChI=1S/C34H50N10O5S/c1-22-21-41(17-18-47-6)11-8-12-44(22)31-38-24(19-26(39-31)42-13-15-43(16-14-42)32(46)48-33(2,3)4)28(36)40-49-30(45)34(5)10-7-9-25-27(34)23(20-35)29(37)50-25/h19,22H,7-18,21,37H2,1-6H3,(H2,36,40)/t22-,34-/m0/s1. The summed E-state index contributed by atoms with van der Waals surface area (Å²) in [7, 11) is 1.71. The zero-order valence-electron chi connectivity index (χ0n) is 30.0. The summed E-state index contributed by atoms with van der Waals surface area (Å²) in [5.41, 5.74) is 12.2. The van der Waals surface area contributed by atoms with E-state index in [2.05, 4.69) is 32.8 Å². The summed E-state index contributed by atoms with van der Waals surface area (Å²) in [6, 6.07) is 4.00. The van der Waals surface area contributed by atoms with Gasteiger partial charge < -0.3 is 40.5 Å². The number of ether oxygens (including phenoxy) is 2. The van der Waals surface area contributed by atoms with Crippen molar-refractivity contribution in [1.29, 1.82) is 5.26 Å². The van der Waals surface area contributed by atoms with Crippen LogP contribution in [-0.4, -0.2) is 115 Å². The number of amidine groups is 1. The predicted molar refractivity (Wildman–Crippen MR) is 192 cm³/mol. The molecule has 0 spiro atoms. The number of fused-ring (bicyclic) bond motifs is 1. The molecule has 0 aromatic carbocycles. The molecule has 2 saturated heterocycles. The second-order valence-electron chi connectivity index (χ2n) is 14.3. The van der Waals surface area contributed by atoms with Gasteiger partial charge >= 0.3 is 12.1 Å². The van der Waals surface area contributed by atoms with Gasteiger partial charge in [0.1, 0.15) is 28.2 Å². The molecule has 1 aliphatic carbocycles. The Morgan fingerprint density at radius 2 is 1.90 bits per heavy atom. The molecule has 4 heterocycles. The molecule has 272 valence electrons. The highest BCUT2D eigenvalue weighted by Gasteiger charge is 2.45. The van der Waals surface area contributed by atoms with Gasteiger partial charge in [-0.15, -0.1) is 11.3 Å². The van der Waals surface area contributed by atoms with Crippen molar-refractivity contribution in [1.82, 2.24) is 19.8 Å². The number of anilines is 3. The van der Waals surface area contributed by atoms with Crippen molar-refractivity contribution in [3.05, 3.63) is 27.8 Å². The number of carbonyl (C=O) groups is 2. The normalized spacial score (nSPS) is 22.1. The maximum absolute atomic E-state index is 13.6. The van der Waals surface area contributed by atoms with Crippen LogP contribution in [0, 0.1) is 11.3 Å². The third-order valence-corrected chi connectivity index (χ3v) is 10.5. The van der Waals surface area contributed by atoms with Gasteiger partial charge in [-0.25, -0.2) is 14.6 Å². The lowest BCUT2D eigenvalue weighted by atomic mass is 9.72. The minimum absolute atomic E-state index is 0.0789. The van der Waals surface area contributed by atoms with Crippen molar-refractivity contribution >= 4 is 46.0 Å². The van der Waals surface area contributed by atoms with Crippen molar-refractivity contribution < 1.29 is 23.9 Å². The number of piperazine rings is 1. The van der Waals surface area contributed by atoms with E-state index in [4.69, 9.17) is 35.7 Å². The van der Waals surface area contributed by atoms with Gasteiger partial charge in [0.05, 0.1) is 17.6 Å². The molecule has 2 atom stereocenters. The Labute approximate surface area is 298 Å². The summed E-state index contributed by atoms with van der Waals surface area (Å²) in [6.07, 6.45) is 2.55. The summed E-state index contributed by atoms with van der Waals surface area (Å²) in [6.45, 7) is 15.4. The van der Waals surface area contributed by atoms with Crippen LogP contribution in [0.15, 0.2) is 11.2 Å². The number of thiophene rings is 1. The van der Waals surface area contributed by atoms with E-state index in [1.807, 2.05) is 20.8 Å². The first-order valence-corrected chi connectivity index (χ1v) is 18.0. The Morgan fingerprint density at radius 1 is 1.16 bits per heavy atom. The van der Waals surface area contributed by atoms with Crippen LogP contribution < -0.4 is 21.3 Å². The average molecular weight is 711 g/mol. The second-order valence-corrected chi connectivity index (χ2v) is 15.5. The van der Waals surface area contributed by atoms with Gasteiger partial charge in [-0.3, -0.25) is 4.90 Å². The first-order chi connectivity index (χ1) is 23.7. The number of rotatable bonds is 8. The number of nitrogens with zero attached hydrogens (tertiary/aromatic N) is 8. The minimum atomic E-state index is -1.09. The molecule has 16 heteroatoms. The third kappa shape index (κ3) is 8.22. The zero-order chi connectivity index (χ0) is 36.2. The Hall–Kier alpha value is -4.20. The van der Waals surface area contributed by atoms with Crippen molar-refractivity contribution in [2.75, 3.05) is 81.6 Å². The Balaban J connectivity index is 1.41. The summed E-state index contributed by atoms with van der Waals surface area (Å²) in [5.74, 6) is 0.432. The molecule has 2 aromatic rings. The maximum Gasteiger partial charge on any atom is 0.410 e. The van der Waals surface area contributed by atoms with Crippen molar-refractivity contribution in [2.45, 2.75) is 77.4 Å². The number of nitrogens with two attached hydrogens (primary N) is 2. The van der Waals surface area contributed by atoms with E-state index in [0.29, 0.717) is 72.8 Å². The molecule has 2 aromatic heterocycles. The Morgan fingerprint density at radius 3 is 2.58 bits per heavy atom. The number of hydrogen-bond acceptors (Lipinski definition) is 14. The van der Waals surface area contributed by atoms with E-state index < -0.39 is 17.0 Å². The molecule has 4 N–H and O–H groups in total. The highest BCUT2D eigenvalue weighted by atomic mass is 32.1. The first kappa shape index (κ1) is 37.1. The van der Waals surface area contributed by atoms with Gasteiger partial charge in [0.2, 0.25) is 5.95 Å². The fourth-order valence-corrected chi connectivity index (χ4v) is 7.99. The summed E-state index contributed by atoms with van der Waals surface area (Å²) >= 11 is 1.34. The van der Waals surface area contributed by atoms with Gasteiger partial charge in [0, 0.05) is 75.5 Å². The quantitative estimate of drug-likeness (QED) is 0.176. The predicted octanol–water partition coefficient (Wildman–Crippen LogP) is 3.05. The highest BCUT2D eigenvalue weighted by Crippen LogP contribution is 2.46.